The van der Waals surface area contributed by atoms with Gasteiger partial charge in [-0.1, -0.05) is 0 Å². The molecule has 0 radical (unpaired) electrons. The van der Waals surface area contributed by atoms with Gasteiger partial charge in [-0.3, -0.25) is 9.89 Å². The predicted octanol–water partition coefficient (Wildman–Crippen LogP) is -0.662. The Morgan fingerprint density at radius 3 is 2.74 bits per heavy atom. The standard InChI is InChI=1S/C9H13N3O6S/c1-3-18-9(15)6-4-10-11-7(6)19(16,17)12-5(2)8(13)14/h4-5,12H,3H2,1-2H3,(H,10,11)(H,13,14)/t5-/m1/s1. The lowest BCUT2D eigenvalue weighted by Crippen LogP contribution is -2.39. The molecule has 0 unspecified atom stereocenters. The lowest BCUT2D eigenvalue weighted by molar-refractivity contribution is -0.138. The van der Waals surface area contributed by atoms with Crippen molar-refractivity contribution >= 4 is 22.0 Å². The number of nitrogens with zero attached hydrogens (tertiary/aromatic N) is 1. The van der Waals surface area contributed by atoms with Crippen molar-refractivity contribution in [1.29, 1.82) is 0 Å². The highest BCUT2D eigenvalue weighted by Crippen LogP contribution is 2.13. The van der Waals surface area contributed by atoms with E-state index in [0.717, 1.165) is 13.1 Å². The van der Waals surface area contributed by atoms with E-state index in [9.17, 15) is 18.0 Å². The van der Waals surface area contributed by atoms with Crippen LogP contribution in [0.25, 0.3) is 0 Å². The van der Waals surface area contributed by atoms with E-state index in [-0.39, 0.29) is 12.2 Å². The smallest absolute Gasteiger partial charge is 0.342 e. The summed E-state index contributed by atoms with van der Waals surface area (Å²) in [6.07, 6.45) is 0.998. The monoisotopic (exact) mass is 291 g/mol. The number of aromatic nitrogens is 2. The molecule has 0 spiro atoms. The van der Waals surface area contributed by atoms with Crippen LogP contribution in [0, 0.1) is 0 Å². The third-order valence-electron chi connectivity index (χ3n) is 2.07. The van der Waals surface area contributed by atoms with Crippen LogP contribution < -0.4 is 4.72 Å². The molecule has 0 bridgehead atoms. The highest BCUT2D eigenvalue weighted by Gasteiger charge is 2.28. The topological polar surface area (TPSA) is 138 Å². The molecule has 19 heavy (non-hydrogen) atoms. The summed E-state index contributed by atoms with van der Waals surface area (Å²) >= 11 is 0. The Bertz CT molecular complexity index is 579. The van der Waals surface area contributed by atoms with Crippen LogP contribution in [0.1, 0.15) is 24.2 Å². The van der Waals surface area contributed by atoms with Gasteiger partial charge < -0.3 is 9.84 Å². The van der Waals surface area contributed by atoms with Crippen molar-refractivity contribution in [2.75, 3.05) is 6.61 Å². The van der Waals surface area contributed by atoms with Gasteiger partial charge in [0.2, 0.25) is 0 Å². The summed E-state index contributed by atoms with van der Waals surface area (Å²) in [7, 11) is -4.20. The molecule has 1 aromatic heterocycles. The summed E-state index contributed by atoms with van der Waals surface area (Å²) in [5, 5.41) is 13.7. The zero-order chi connectivity index (χ0) is 14.6. The SMILES string of the molecule is CCOC(=O)c1cn[nH]c1S(=O)(=O)N[C@H](C)C(=O)O. The highest BCUT2D eigenvalue weighted by atomic mass is 32.2. The average Bonchev–Trinajstić information content (AvgIpc) is 2.78. The second-order valence-electron chi connectivity index (χ2n) is 3.51. The molecular formula is C9H13N3O6S. The van der Waals surface area contributed by atoms with Gasteiger partial charge in [-0.2, -0.15) is 9.82 Å². The number of hydrogen-bond acceptors (Lipinski definition) is 6. The van der Waals surface area contributed by atoms with Crippen molar-refractivity contribution in [1.82, 2.24) is 14.9 Å². The average molecular weight is 291 g/mol. The minimum absolute atomic E-state index is 0.0719. The number of carbonyl (C=O) groups excluding carboxylic acids is 1. The molecule has 0 saturated heterocycles. The van der Waals surface area contributed by atoms with Crippen LogP contribution in [0.5, 0.6) is 0 Å². The Hall–Kier alpha value is -1.94. The first-order chi connectivity index (χ1) is 8.79. The molecule has 106 valence electrons. The summed E-state index contributed by atoms with van der Waals surface area (Å²) in [5.74, 6) is -2.21. The zero-order valence-corrected chi connectivity index (χ0v) is 11.0. The van der Waals surface area contributed by atoms with Crippen LogP contribution in [-0.4, -0.2) is 48.3 Å². The van der Waals surface area contributed by atoms with E-state index < -0.39 is 33.0 Å². The summed E-state index contributed by atoms with van der Waals surface area (Å²) in [6, 6.07) is -1.34. The van der Waals surface area contributed by atoms with Gasteiger partial charge in [0.25, 0.3) is 10.0 Å². The number of aliphatic carboxylic acids is 1. The molecule has 9 nitrogen and oxygen atoms in total. The highest BCUT2D eigenvalue weighted by molar-refractivity contribution is 7.89. The third-order valence-corrected chi connectivity index (χ3v) is 3.58. The minimum atomic E-state index is -4.20. The second kappa shape index (κ2) is 5.80. The number of ether oxygens (including phenoxy) is 1. The first-order valence-electron chi connectivity index (χ1n) is 5.25. The van der Waals surface area contributed by atoms with Crippen LogP contribution >= 0.6 is 0 Å². The molecule has 0 aliphatic carbocycles. The number of rotatable bonds is 6. The predicted molar refractivity (Wildman–Crippen MR) is 62.0 cm³/mol. The Morgan fingerprint density at radius 2 is 2.21 bits per heavy atom. The number of carboxylic acid groups (broad SMARTS) is 1. The summed E-state index contributed by atoms with van der Waals surface area (Å²) < 4.78 is 30.3. The molecule has 1 atom stereocenters. The number of hydrogen-bond donors (Lipinski definition) is 3. The molecule has 0 aliphatic heterocycles. The molecule has 1 heterocycles. The fourth-order valence-corrected chi connectivity index (χ4v) is 2.46. The molecule has 0 aromatic carbocycles. The van der Waals surface area contributed by atoms with Crippen LogP contribution in [-0.2, 0) is 19.6 Å². The number of nitrogens with one attached hydrogen (secondary N) is 2. The van der Waals surface area contributed by atoms with E-state index >= 15 is 0 Å². The number of sulfonamides is 1. The largest absolute Gasteiger partial charge is 0.480 e. The molecule has 1 rings (SSSR count). The van der Waals surface area contributed by atoms with E-state index in [0.29, 0.717) is 0 Å². The summed E-state index contributed by atoms with van der Waals surface area (Å²) in [4.78, 5) is 22.1. The molecular weight excluding hydrogens is 278 g/mol. The molecule has 0 fully saturated rings. The molecule has 10 heteroatoms. The van der Waals surface area contributed by atoms with Gasteiger partial charge in [0, 0.05) is 0 Å². The summed E-state index contributed by atoms with van der Waals surface area (Å²) in [6.45, 7) is 2.79. The number of esters is 1. The van der Waals surface area contributed by atoms with Crippen LogP contribution in [0.2, 0.25) is 0 Å². The van der Waals surface area contributed by atoms with Crippen molar-refractivity contribution in [3.8, 4) is 0 Å². The maximum Gasteiger partial charge on any atom is 0.342 e. The van der Waals surface area contributed by atoms with Crippen molar-refractivity contribution in [3.05, 3.63) is 11.8 Å². The van der Waals surface area contributed by atoms with Gasteiger partial charge in [0.1, 0.15) is 11.6 Å². The lowest BCUT2D eigenvalue weighted by atomic mass is 10.4. The minimum Gasteiger partial charge on any atom is -0.480 e. The van der Waals surface area contributed by atoms with Gasteiger partial charge in [0.05, 0.1) is 12.8 Å². The van der Waals surface area contributed by atoms with Crippen LogP contribution in [0.4, 0.5) is 0 Å². The maximum absolute atomic E-state index is 11.9. The second-order valence-corrected chi connectivity index (χ2v) is 5.17. The third kappa shape index (κ3) is 3.51. The van der Waals surface area contributed by atoms with E-state index in [1.54, 1.807) is 6.92 Å². The first kappa shape index (κ1) is 15.1. The normalized spacial score (nSPS) is 12.9. The quantitative estimate of drug-likeness (QED) is 0.591. The van der Waals surface area contributed by atoms with Crippen molar-refractivity contribution in [2.24, 2.45) is 0 Å². The van der Waals surface area contributed by atoms with Crippen molar-refractivity contribution in [2.45, 2.75) is 24.9 Å². The van der Waals surface area contributed by atoms with Crippen molar-refractivity contribution < 1.29 is 27.9 Å². The molecule has 1 aromatic rings. The zero-order valence-electron chi connectivity index (χ0n) is 10.2. The molecule has 3 N–H and O–H groups in total. The molecule has 0 amide bonds. The van der Waals surface area contributed by atoms with Crippen LogP contribution in [0.3, 0.4) is 0 Å². The van der Waals surface area contributed by atoms with Gasteiger partial charge in [-0.05, 0) is 13.8 Å². The van der Waals surface area contributed by atoms with Crippen molar-refractivity contribution in [3.63, 3.8) is 0 Å². The van der Waals surface area contributed by atoms with E-state index in [4.69, 9.17) is 5.11 Å². The van der Waals surface area contributed by atoms with Gasteiger partial charge in [-0.25, -0.2) is 13.2 Å². The Kier molecular flexibility index (Phi) is 4.62. The Labute approximate surface area is 109 Å². The fourth-order valence-electron chi connectivity index (χ4n) is 1.18. The van der Waals surface area contributed by atoms with E-state index in [1.165, 1.54) is 0 Å². The fraction of sp³-hybridized carbons (Fsp3) is 0.444. The molecule has 0 aliphatic rings. The van der Waals surface area contributed by atoms with Gasteiger partial charge in [-0.15, -0.1) is 0 Å². The van der Waals surface area contributed by atoms with E-state index in [1.807, 2.05) is 4.72 Å². The summed E-state index contributed by atoms with van der Waals surface area (Å²) in [5.41, 5.74) is -0.285. The molecule has 0 saturated carbocycles. The van der Waals surface area contributed by atoms with Crippen LogP contribution in [0.15, 0.2) is 11.2 Å². The lowest BCUT2D eigenvalue weighted by Gasteiger charge is -2.09. The number of aromatic amines is 1. The van der Waals surface area contributed by atoms with Gasteiger partial charge >= 0.3 is 11.9 Å². The Balaban J connectivity index is 3.06. The first-order valence-corrected chi connectivity index (χ1v) is 6.73. The number of carbonyl (C=O) groups is 2. The van der Waals surface area contributed by atoms with E-state index in [2.05, 4.69) is 14.9 Å². The van der Waals surface area contributed by atoms with Gasteiger partial charge in [0.15, 0.2) is 5.03 Å². The Morgan fingerprint density at radius 1 is 1.58 bits per heavy atom. The number of carboxylic acids is 1. The maximum atomic E-state index is 11.9. The number of H-pyrrole nitrogens is 1.